The molecule has 3 N–H and O–H groups in total. The van der Waals surface area contributed by atoms with Gasteiger partial charge in [0.15, 0.2) is 0 Å². The third-order valence-corrected chi connectivity index (χ3v) is 2.54. The minimum absolute atomic E-state index is 0.0362. The quantitative estimate of drug-likeness (QED) is 0.574. The molecule has 4 heteroatoms. The Morgan fingerprint density at radius 2 is 2.36 bits per heavy atom. The van der Waals surface area contributed by atoms with Crippen LogP contribution in [0.15, 0.2) is 0 Å². The lowest BCUT2D eigenvalue weighted by molar-refractivity contribution is -0.125. The Morgan fingerprint density at radius 3 is 2.93 bits per heavy atom. The number of hydrogen-bond donors (Lipinski definition) is 2. The first-order valence-electron chi connectivity index (χ1n) is 5.28. The van der Waals surface area contributed by atoms with E-state index in [1.807, 2.05) is 0 Å². The third-order valence-electron chi connectivity index (χ3n) is 2.54. The molecule has 1 saturated carbocycles. The highest BCUT2D eigenvalue weighted by atomic mass is 16.5. The number of amides is 1. The normalized spacial score (nSPS) is 17.9. The Balaban J connectivity index is 1.96. The fraction of sp³-hybridized carbons (Fsp3) is 0.900. The smallest absolute Gasteiger partial charge is 0.246 e. The van der Waals surface area contributed by atoms with Crippen LogP contribution in [-0.2, 0) is 9.53 Å². The molecule has 1 aliphatic rings. The summed E-state index contributed by atoms with van der Waals surface area (Å²) in [6.07, 6.45) is 2.64. The van der Waals surface area contributed by atoms with Crippen molar-refractivity contribution in [3.63, 3.8) is 0 Å². The minimum atomic E-state index is -0.0362. The van der Waals surface area contributed by atoms with E-state index in [-0.39, 0.29) is 12.5 Å². The summed E-state index contributed by atoms with van der Waals surface area (Å²) >= 11 is 0. The molecule has 0 aliphatic heterocycles. The largest absolute Gasteiger partial charge is 0.370 e. The van der Waals surface area contributed by atoms with Gasteiger partial charge in [0.2, 0.25) is 5.91 Å². The van der Waals surface area contributed by atoms with Crippen molar-refractivity contribution in [2.24, 2.45) is 17.6 Å². The molecule has 14 heavy (non-hydrogen) atoms. The molecule has 1 aliphatic carbocycles. The molecule has 1 amide bonds. The van der Waals surface area contributed by atoms with Gasteiger partial charge in [-0.2, -0.15) is 0 Å². The number of carbonyl (C=O) groups is 1. The second kappa shape index (κ2) is 5.98. The molecule has 0 aromatic carbocycles. The summed E-state index contributed by atoms with van der Waals surface area (Å²) in [6, 6.07) is 0. The molecule has 1 rings (SSSR count). The zero-order valence-corrected chi connectivity index (χ0v) is 8.79. The van der Waals surface area contributed by atoms with Gasteiger partial charge in [-0.15, -0.1) is 0 Å². The first-order chi connectivity index (χ1) is 6.74. The van der Waals surface area contributed by atoms with E-state index >= 15 is 0 Å². The van der Waals surface area contributed by atoms with E-state index < -0.39 is 0 Å². The van der Waals surface area contributed by atoms with E-state index in [9.17, 15) is 4.79 Å². The summed E-state index contributed by atoms with van der Waals surface area (Å²) in [6.45, 7) is 4.00. The van der Waals surface area contributed by atoms with E-state index in [2.05, 4.69) is 12.2 Å². The summed E-state index contributed by atoms with van der Waals surface area (Å²) in [5.41, 5.74) is 5.23. The molecule has 1 atom stereocenters. The van der Waals surface area contributed by atoms with Crippen LogP contribution in [0.25, 0.3) is 0 Å². The average Bonchev–Trinajstić information content (AvgIpc) is 2.98. The van der Waals surface area contributed by atoms with E-state index in [1.165, 1.54) is 12.8 Å². The maximum absolute atomic E-state index is 11.2. The van der Waals surface area contributed by atoms with Gasteiger partial charge in [-0.25, -0.2) is 0 Å². The fourth-order valence-corrected chi connectivity index (χ4v) is 1.41. The van der Waals surface area contributed by atoms with Crippen LogP contribution in [-0.4, -0.2) is 32.2 Å². The van der Waals surface area contributed by atoms with Crippen LogP contribution in [0.1, 0.15) is 19.8 Å². The number of carbonyl (C=O) groups excluding carboxylic acids is 1. The Kier molecular flexibility index (Phi) is 4.90. The molecule has 1 fully saturated rings. The summed E-state index contributed by atoms with van der Waals surface area (Å²) in [7, 11) is 0. The maximum atomic E-state index is 11.2. The molecular weight excluding hydrogens is 180 g/mol. The molecule has 0 radical (unpaired) electrons. The van der Waals surface area contributed by atoms with Crippen molar-refractivity contribution in [2.75, 3.05) is 26.3 Å². The lowest BCUT2D eigenvalue weighted by Crippen LogP contribution is -2.32. The minimum Gasteiger partial charge on any atom is -0.370 e. The lowest BCUT2D eigenvalue weighted by atomic mass is 10.1. The molecule has 0 bridgehead atoms. The maximum Gasteiger partial charge on any atom is 0.246 e. The molecule has 0 aromatic rings. The van der Waals surface area contributed by atoms with Gasteiger partial charge in [0.25, 0.3) is 0 Å². The zero-order chi connectivity index (χ0) is 10.4. The summed E-state index contributed by atoms with van der Waals surface area (Å²) in [5, 5.41) is 2.86. The van der Waals surface area contributed by atoms with Crippen molar-refractivity contribution in [3.8, 4) is 0 Å². The Hall–Kier alpha value is -0.610. The van der Waals surface area contributed by atoms with Gasteiger partial charge in [0.1, 0.15) is 6.61 Å². The molecule has 0 heterocycles. The van der Waals surface area contributed by atoms with Gasteiger partial charge in [0, 0.05) is 13.1 Å². The highest BCUT2D eigenvalue weighted by molar-refractivity contribution is 5.77. The second-order valence-corrected chi connectivity index (χ2v) is 3.96. The fourth-order valence-electron chi connectivity index (χ4n) is 1.41. The van der Waals surface area contributed by atoms with E-state index in [0.29, 0.717) is 19.1 Å². The molecule has 1 unspecified atom stereocenters. The number of nitrogens with two attached hydrogens (primary N) is 1. The summed E-state index contributed by atoms with van der Waals surface area (Å²) < 4.78 is 5.02. The van der Waals surface area contributed by atoms with Crippen molar-refractivity contribution in [3.05, 3.63) is 0 Å². The molecule has 0 aromatic heterocycles. The molecule has 82 valence electrons. The monoisotopic (exact) mass is 200 g/mol. The van der Waals surface area contributed by atoms with Crippen molar-refractivity contribution in [1.29, 1.82) is 0 Å². The zero-order valence-electron chi connectivity index (χ0n) is 8.79. The molecule has 0 spiro atoms. The van der Waals surface area contributed by atoms with Crippen LogP contribution < -0.4 is 11.1 Å². The number of rotatable bonds is 7. The van der Waals surface area contributed by atoms with Gasteiger partial charge < -0.3 is 15.8 Å². The third kappa shape index (κ3) is 4.58. The molecular formula is C10H20N2O2. The van der Waals surface area contributed by atoms with Crippen LogP contribution in [0.3, 0.4) is 0 Å². The van der Waals surface area contributed by atoms with Gasteiger partial charge in [-0.3, -0.25) is 4.79 Å². The van der Waals surface area contributed by atoms with Crippen molar-refractivity contribution in [2.45, 2.75) is 19.8 Å². The Labute approximate surface area is 85.2 Å². The van der Waals surface area contributed by atoms with E-state index in [0.717, 1.165) is 12.5 Å². The first-order valence-corrected chi connectivity index (χ1v) is 5.28. The topological polar surface area (TPSA) is 64.3 Å². The SMILES string of the molecule is CC(CNC(=O)COCCN)C1CC1. The van der Waals surface area contributed by atoms with Crippen molar-refractivity contribution in [1.82, 2.24) is 5.32 Å². The van der Waals surface area contributed by atoms with Crippen LogP contribution in [0.4, 0.5) is 0 Å². The summed E-state index contributed by atoms with van der Waals surface area (Å²) in [5.74, 6) is 1.40. The summed E-state index contributed by atoms with van der Waals surface area (Å²) in [4.78, 5) is 11.2. The lowest BCUT2D eigenvalue weighted by Gasteiger charge is -2.11. The van der Waals surface area contributed by atoms with Crippen molar-refractivity contribution < 1.29 is 9.53 Å². The highest BCUT2D eigenvalue weighted by Gasteiger charge is 2.27. The Morgan fingerprint density at radius 1 is 1.64 bits per heavy atom. The number of nitrogens with one attached hydrogen (secondary N) is 1. The Bertz CT molecular complexity index is 181. The van der Waals surface area contributed by atoms with Gasteiger partial charge in [-0.1, -0.05) is 6.92 Å². The number of ether oxygens (including phenoxy) is 1. The predicted molar refractivity (Wildman–Crippen MR) is 54.8 cm³/mol. The van der Waals surface area contributed by atoms with Crippen LogP contribution in [0, 0.1) is 11.8 Å². The van der Waals surface area contributed by atoms with Crippen molar-refractivity contribution >= 4 is 5.91 Å². The number of hydrogen-bond acceptors (Lipinski definition) is 3. The van der Waals surface area contributed by atoms with Gasteiger partial charge in [-0.05, 0) is 24.7 Å². The average molecular weight is 200 g/mol. The molecule has 4 nitrogen and oxygen atoms in total. The van der Waals surface area contributed by atoms with Crippen LogP contribution >= 0.6 is 0 Å². The van der Waals surface area contributed by atoms with Gasteiger partial charge >= 0.3 is 0 Å². The second-order valence-electron chi connectivity index (χ2n) is 3.96. The predicted octanol–water partition coefficient (Wildman–Crippen LogP) is 0.124. The highest BCUT2D eigenvalue weighted by Crippen LogP contribution is 2.35. The van der Waals surface area contributed by atoms with E-state index in [1.54, 1.807) is 0 Å². The standard InChI is InChI=1S/C10H20N2O2/c1-8(9-2-3-9)6-12-10(13)7-14-5-4-11/h8-9H,2-7,11H2,1H3,(H,12,13). The van der Waals surface area contributed by atoms with Crippen LogP contribution in [0.2, 0.25) is 0 Å². The van der Waals surface area contributed by atoms with Crippen LogP contribution in [0.5, 0.6) is 0 Å². The van der Waals surface area contributed by atoms with E-state index in [4.69, 9.17) is 10.5 Å². The first kappa shape index (κ1) is 11.5. The van der Waals surface area contributed by atoms with Gasteiger partial charge in [0.05, 0.1) is 6.61 Å². The molecule has 0 saturated heterocycles.